The maximum Gasteiger partial charge on any atom is 0.412 e. The smallest absolute Gasteiger partial charge is 0.412 e. The van der Waals surface area contributed by atoms with Crippen LogP contribution in [0.15, 0.2) is 18.2 Å². The highest BCUT2D eigenvalue weighted by Gasteiger charge is 2.20. The van der Waals surface area contributed by atoms with E-state index >= 15 is 0 Å². The Morgan fingerprint density at radius 1 is 1.27 bits per heavy atom. The zero-order valence-electron chi connectivity index (χ0n) is 13.4. The van der Waals surface area contributed by atoms with E-state index in [0.29, 0.717) is 6.42 Å². The monoisotopic (exact) mass is 309 g/mol. The predicted molar refractivity (Wildman–Crippen MR) is 83.1 cm³/mol. The number of carbonyl (C=O) groups excluding carboxylic acids is 2. The summed E-state index contributed by atoms with van der Waals surface area (Å²) < 4.78 is 10.3. The van der Waals surface area contributed by atoms with E-state index in [9.17, 15) is 14.7 Å². The van der Waals surface area contributed by atoms with Crippen LogP contribution in [-0.2, 0) is 9.53 Å². The van der Waals surface area contributed by atoms with Crippen LogP contribution >= 0.6 is 0 Å². The van der Waals surface area contributed by atoms with Gasteiger partial charge in [-0.2, -0.15) is 0 Å². The number of hydrogen-bond acceptors (Lipinski definition) is 5. The second-order valence-electron chi connectivity index (χ2n) is 5.85. The molecule has 0 saturated carbocycles. The molecule has 0 aliphatic rings. The Balaban J connectivity index is 2.85. The minimum absolute atomic E-state index is 0.0154. The number of amides is 1. The van der Waals surface area contributed by atoms with Gasteiger partial charge in [0.2, 0.25) is 0 Å². The van der Waals surface area contributed by atoms with Gasteiger partial charge in [-0.05, 0) is 39.3 Å². The second-order valence-corrected chi connectivity index (χ2v) is 5.85. The van der Waals surface area contributed by atoms with Gasteiger partial charge < -0.3 is 14.6 Å². The Bertz CT molecular complexity index is 534. The number of benzene rings is 1. The van der Waals surface area contributed by atoms with E-state index in [2.05, 4.69) is 5.32 Å². The first kappa shape index (κ1) is 17.8. The molecule has 1 aromatic carbocycles. The molecule has 0 radical (unpaired) electrons. The highest BCUT2D eigenvalue weighted by atomic mass is 16.6. The van der Waals surface area contributed by atoms with Gasteiger partial charge in [0.1, 0.15) is 17.0 Å². The van der Waals surface area contributed by atoms with Crippen LogP contribution in [0, 0.1) is 0 Å². The minimum Gasteiger partial charge on any atom is -0.506 e. The van der Waals surface area contributed by atoms with E-state index in [0.717, 1.165) is 6.42 Å². The molecule has 2 N–H and O–H groups in total. The maximum atomic E-state index is 11.8. The average Bonchev–Trinajstić information content (AvgIpc) is 2.38. The number of phenols is 1. The van der Waals surface area contributed by atoms with Crippen molar-refractivity contribution in [3.8, 4) is 11.5 Å². The summed E-state index contributed by atoms with van der Waals surface area (Å²) in [6, 6.07) is 4.41. The molecule has 122 valence electrons. The molecular weight excluding hydrogens is 286 g/mol. The number of esters is 1. The van der Waals surface area contributed by atoms with E-state index in [-0.39, 0.29) is 23.6 Å². The number of rotatable bonds is 5. The number of ether oxygens (including phenoxy) is 2. The molecule has 0 bridgehead atoms. The van der Waals surface area contributed by atoms with Gasteiger partial charge in [0, 0.05) is 6.42 Å². The van der Waals surface area contributed by atoms with Crippen LogP contribution in [0.2, 0.25) is 0 Å². The zero-order valence-corrected chi connectivity index (χ0v) is 13.4. The van der Waals surface area contributed by atoms with Crippen molar-refractivity contribution in [2.45, 2.75) is 52.6 Å². The van der Waals surface area contributed by atoms with Crippen LogP contribution in [0.3, 0.4) is 0 Å². The molecule has 1 rings (SSSR count). The summed E-state index contributed by atoms with van der Waals surface area (Å²) in [5, 5.41) is 12.3. The second kappa shape index (κ2) is 7.68. The first-order chi connectivity index (χ1) is 10.2. The number of hydrogen-bond donors (Lipinski definition) is 2. The molecular formula is C16H23NO5. The Kier molecular flexibility index (Phi) is 6.22. The summed E-state index contributed by atoms with van der Waals surface area (Å²) in [6.45, 7) is 7.15. The summed E-state index contributed by atoms with van der Waals surface area (Å²) in [5.74, 6) is -0.529. The fraction of sp³-hybridized carbons (Fsp3) is 0.500. The van der Waals surface area contributed by atoms with E-state index in [1.165, 1.54) is 18.2 Å². The number of anilines is 1. The molecule has 0 aliphatic carbocycles. The van der Waals surface area contributed by atoms with Gasteiger partial charge in [0.25, 0.3) is 0 Å². The number of carbonyl (C=O) groups is 2. The fourth-order valence-corrected chi connectivity index (χ4v) is 1.63. The number of unbranched alkanes of at least 4 members (excludes halogenated alkanes) is 1. The van der Waals surface area contributed by atoms with Crippen molar-refractivity contribution in [1.29, 1.82) is 0 Å². The quantitative estimate of drug-likeness (QED) is 0.490. The standard InChI is InChI=1S/C16H23NO5/c1-5-6-10-13(19)21-12-9-7-8-11(18)14(12)17-15(20)22-16(2,3)4/h7-9,18H,5-6,10H2,1-4H3,(H,17,20). The van der Waals surface area contributed by atoms with Crippen molar-refractivity contribution in [2.75, 3.05) is 5.32 Å². The molecule has 0 fully saturated rings. The van der Waals surface area contributed by atoms with E-state index in [1.54, 1.807) is 20.8 Å². The number of para-hydroxylation sites is 1. The zero-order chi connectivity index (χ0) is 16.8. The molecule has 0 unspecified atom stereocenters. The van der Waals surface area contributed by atoms with Crippen LogP contribution in [0.1, 0.15) is 47.0 Å². The molecule has 6 heteroatoms. The van der Waals surface area contributed by atoms with Crippen LogP contribution < -0.4 is 10.1 Å². The number of phenolic OH excluding ortho intramolecular Hbond substituents is 1. The van der Waals surface area contributed by atoms with Gasteiger partial charge in [-0.15, -0.1) is 0 Å². The summed E-state index contributed by atoms with van der Waals surface area (Å²) >= 11 is 0. The highest BCUT2D eigenvalue weighted by molar-refractivity contribution is 5.90. The SMILES string of the molecule is CCCCC(=O)Oc1cccc(O)c1NC(=O)OC(C)(C)C. The third-order valence-electron chi connectivity index (χ3n) is 2.59. The van der Waals surface area contributed by atoms with Crippen molar-refractivity contribution in [3.05, 3.63) is 18.2 Å². The van der Waals surface area contributed by atoms with Crippen molar-refractivity contribution in [1.82, 2.24) is 0 Å². The lowest BCUT2D eigenvalue weighted by molar-refractivity contribution is -0.134. The molecule has 0 atom stereocenters. The van der Waals surface area contributed by atoms with Crippen LogP contribution in [0.4, 0.5) is 10.5 Å². The highest BCUT2D eigenvalue weighted by Crippen LogP contribution is 2.34. The van der Waals surface area contributed by atoms with Crippen molar-refractivity contribution >= 4 is 17.7 Å². The van der Waals surface area contributed by atoms with Gasteiger partial charge in [0.15, 0.2) is 5.75 Å². The first-order valence-corrected chi connectivity index (χ1v) is 7.25. The van der Waals surface area contributed by atoms with E-state index < -0.39 is 17.7 Å². The Hall–Kier alpha value is -2.24. The van der Waals surface area contributed by atoms with Gasteiger partial charge in [-0.3, -0.25) is 10.1 Å². The van der Waals surface area contributed by atoms with Crippen molar-refractivity contribution < 1.29 is 24.2 Å². The largest absolute Gasteiger partial charge is 0.506 e. The molecule has 0 saturated heterocycles. The van der Waals surface area contributed by atoms with Crippen molar-refractivity contribution in [3.63, 3.8) is 0 Å². The van der Waals surface area contributed by atoms with Gasteiger partial charge >= 0.3 is 12.1 Å². The van der Waals surface area contributed by atoms with Gasteiger partial charge in [0.05, 0.1) is 0 Å². The summed E-state index contributed by atoms with van der Waals surface area (Å²) in [5.41, 5.74) is -0.659. The Morgan fingerprint density at radius 3 is 2.55 bits per heavy atom. The van der Waals surface area contributed by atoms with Crippen molar-refractivity contribution in [2.24, 2.45) is 0 Å². The van der Waals surface area contributed by atoms with E-state index in [4.69, 9.17) is 9.47 Å². The molecule has 1 amide bonds. The average molecular weight is 309 g/mol. The summed E-state index contributed by atoms with van der Waals surface area (Å²) in [4.78, 5) is 23.5. The minimum atomic E-state index is -0.736. The molecule has 0 heterocycles. The molecule has 1 aromatic rings. The molecule has 0 spiro atoms. The third kappa shape index (κ3) is 6.03. The molecule has 0 aromatic heterocycles. The Morgan fingerprint density at radius 2 is 1.95 bits per heavy atom. The Labute approximate surface area is 130 Å². The van der Waals surface area contributed by atoms with Crippen LogP contribution in [-0.4, -0.2) is 22.8 Å². The van der Waals surface area contributed by atoms with Crippen LogP contribution in [0.5, 0.6) is 11.5 Å². The maximum absolute atomic E-state index is 11.8. The lowest BCUT2D eigenvalue weighted by Gasteiger charge is -2.20. The van der Waals surface area contributed by atoms with E-state index in [1.807, 2.05) is 6.92 Å². The summed E-state index contributed by atoms with van der Waals surface area (Å²) in [7, 11) is 0. The fourth-order valence-electron chi connectivity index (χ4n) is 1.63. The number of aromatic hydroxyl groups is 1. The van der Waals surface area contributed by atoms with Crippen LogP contribution in [0.25, 0.3) is 0 Å². The topological polar surface area (TPSA) is 84.9 Å². The number of nitrogens with one attached hydrogen (secondary N) is 1. The lowest BCUT2D eigenvalue weighted by atomic mass is 10.2. The predicted octanol–water partition coefficient (Wildman–Crippen LogP) is 3.83. The van der Waals surface area contributed by atoms with Gasteiger partial charge in [-0.1, -0.05) is 19.4 Å². The third-order valence-corrected chi connectivity index (χ3v) is 2.59. The summed E-state index contributed by atoms with van der Waals surface area (Å²) in [6.07, 6.45) is 1.13. The first-order valence-electron chi connectivity index (χ1n) is 7.25. The normalized spacial score (nSPS) is 10.9. The molecule has 6 nitrogen and oxygen atoms in total. The van der Waals surface area contributed by atoms with Gasteiger partial charge in [-0.25, -0.2) is 4.79 Å². The molecule has 22 heavy (non-hydrogen) atoms. The lowest BCUT2D eigenvalue weighted by Crippen LogP contribution is -2.27. The molecule has 0 aliphatic heterocycles.